The van der Waals surface area contributed by atoms with Gasteiger partial charge in [-0.15, -0.1) is 0 Å². The highest BCUT2D eigenvalue weighted by atomic mass is 32.2. The first-order valence-corrected chi connectivity index (χ1v) is 7.78. The van der Waals surface area contributed by atoms with Crippen LogP contribution in [0.25, 0.3) is 21.9 Å². The topological polar surface area (TPSA) is 46.2 Å². The lowest BCUT2D eigenvalue weighted by Crippen LogP contribution is -2.18. The summed E-state index contributed by atoms with van der Waals surface area (Å²) in [6, 6.07) is 18.9. The molecule has 0 aliphatic carbocycles. The van der Waals surface area contributed by atoms with Gasteiger partial charge in [0, 0.05) is 11.1 Å². The maximum atomic E-state index is 12.4. The normalized spacial score (nSPS) is 15.2. The van der Waals surface area contributed by atoms with E-state index in [1.165, 1.54) is 0 Å². The molecule has 98 valence electrons. The molecule has 0 spiro atoms. The fourth-order valence-electron chi connectivity index (χ4n) is 2.66. The van der Waals surface area contributed by atoms with Crippen molar-refractivity contribution < 1.29 is 8.42 Å². The van der Waals surface area contributed by atoms with Gasteiger partial charge in [0.25, 0.3) is 10.0 Å². The molecule has 0 saturated carbocycles. The Morgan fingerprint density at radius 3 is 2.20 bits per heavy atom. The lowest BCUT2D eigenvalue weighted by atomic mass is 10.00. The van der Waals surface area contributed by atoms with Crippen molar-refractivity contribution in [1.82, 2.24) is 0 Å². The number of fused-ring (bicyclic) bond motifs is 4. The summed E-state index contributed by atoms with van der Waals surface area (Å²) in [6.07, 6.45) is 0. The van der Waals surface area contributed by atoms with E-state index in [2.05, 4.69) is 4.72 Å². The summed E-state index contributed by atoms with van der Waals surface area (Å²) in [5.74, 6) is 0. The maximum Gasteiger partial charge on any atom is 0.262 e. The van der Waals surface area contributed by atoms with Gasteiger partial charge in [0.05, 0.1) is 10.6 Å². The van der Waals surface area contributed by atoms with Crippen LogP contribution in [0, 0.1) is 0 Å². The van der Waals surface area contributed by atoms with Crippen molar-refractivity contribution in [2.24, 2.45) is 0 Å². The zero-order chi connectivity index (χ0) is 13.7. The molecule has 1 aliphatic rings. The number of benzene rings is 3. The molecule has 0 radical (unpaired) electrons. The Labute approximate surface area is 116 Å². The van der Waals surface area contributed by atoms with E-state index in [4.69, 9.17) is 0 Å². The van der Waals surface area contributed by atoms with Crippen LogP contribution in [-0.4, -0.2) is 8.42 Å². The van der Waals surface area contributed by atoms with Gasteiger partial charge in [-0.05, 0) is 29.0 Å². The minimum absolute atomic E-state index is 0.342. The third-order valence-electron chi connectivity index (χ3n) is 3.60. The Kier molecular flexibility index (Phi) is 2.20. The fraction of sp³-hybridized carbons (Fsp3) is 0. The van der Waals surface area contributed by atoms with Crippen molar-refractivity contribution in [3.05, 3.63) is 60.7 Å². The highest BCUT2D eigenvalue weighted by molar-refractivity contribution is 7.93. The number of para-hydroxylation sites is 1. The summed E-state index contributed by atoms with van der Waals surface area (Å²) in [4.78, 5) is 0.342. The van der Waals surface area contributed by atoms with Crippen molar-refractivity contribution >= 4 is 26.5 Å². The van der Waals surface area contributed by atoms with Crippen molar-refractivity contribution in [3.63, 3.8) is 0 Å². The number of hydrogen-bond donors (Lipinski definition) is 1. The van der Waals surface area contributed by atoms with Crippen molar-refractivity contribution in [2.75, 3.05) is 4.72 Å². The van der Waals surface area contributed by atoms with Gasteiger partial charge in [0.15, 0.2) is 0 Å². The first-order chi connectivity index (χ1) is 9.65. The monoisotopic (exact) mass is 281 g/mol. The number of rotatable bonds is 0. The average molecular weight is 281 g/mol. The number of hydrogen-bond acceptors (Lipinski definition) is 2. The number of nitrogens with one attached hydrogen (secondary N) is 1. The molecule has 0 bridgehead atoms. The maximum absolute atomic E-state index is 12.4. The van der Waals surface area contributed by atoms with Gasteiger partial charge < -0.3 is 0 Å². The zero-order valence-corrected chi connectivity index (χ0v) is 11.3. The Morgan fingerprint density at radius 2 is 1.40 bits per heavy atom. The molecule has 3 aromatic carbocycles. The predicted molar refractivity (Wildman–Crippen MR) is 80.2 cm³/mol. The molecule has 0 atom stereocenters. The van der Waals surface area contributed by atoms with Crippen LogP contribution in [0.1, 0.15) is 0 Å². The van der Waals surface area contributed by atoms with E-state index >= 15 is 0 Å². The van der Waals surface area contributed by atoms with Crippen LogP contribution in [0.4, 0.5) is 5.69 Å². The summed E-state index contributed by atoms with van der Waals surface area (Å²) in [7, 11) is -3.50. The molecule has 0 aromatic heterocycles. The Morgan fingerprint density at radius 1 is 0.750 bits per heavy atom. The van der Waals surface area contributed by atoms with E-state index < -0.39 is 10.0 Å². The largest absolute Gasteiger partial charge is 0.279 e. The quantitative estimate of drug-likeness (QED) is 0.684. The molecule has 1 aliphatic heterocycles. The molecule has 1 heterocycles. The third kappa shape index (κ3) is 1.55. The van der Waals surface area contributed by atoms with Crippen LogP contribution < -0.4 is 4.72 Å². The average Bonchev–Trinajstić information content (AvgIpc) is 2.45. The van der Waals surface area contributed by atoms with Crippen LogP contribution in [0.5, 0.6) is 0 Å². The molecular formula is C16H11NO2S. The summed E-state index contributed by atoms with van der Waals surface area (Å²) in [5.41, 5.74) is 2.32. The molecule has 4 rings (SSSR count). The van der Waals surface area contributed by atoms with Gasteiger partial charge >= 0.3 is 0 Å². The zero-order valence-electron chi connectivity index (χ0n) is 10.5. The third-order valence-corrected chi connectivity index (χ3v) is 5.00. The molecule has 1 N–H and O–H groups in total. The smallest absolute Gasteiger partial charge is 0.262 e. The Bertz CT molecular complexity index is 946. The second-order valence-electron chi connectivity index (χ2n) is 4.85. The lowest BCUT2D eigenvalue weighted by molar-refractivity contribution is 0.601. The van der Waals surface area contributed by atoms with Crippen molar-refractivity contribution in [3.8, 4) is 11.1 Å². The van der Waals surface area contributed by atoms with Gasteiger partial charge in [0.2, 0.25) is 0 Å². The van der Waals surface area contributed by atoms with Gasteiger partial charge in [-0.1, -0.05) is 42.5 Å². The van der Waals surface area contributed by atoms with Gasteiger partial charge in [0.1, 0.15) is 0 Å². The molecule has 0 amide bonds. The highest BCUT2D eigenvalue weighted by Gasteiger charge is 2.27. The van der Waals surface area contributed by atoms with Crippen molar-refractivity contribution in [1.29, 1.82) is 0 Å². The van der Waals surface area contributed by atoms with E-state index in [-0.39, 0.29) is 0 Å². The molecule has 0 fully saturated rings. The van der Waals surface area contributed by atoms with E-state index in [1.54, 1.807) is 12.1 Å². The molecular weight excluding hydrogens is 270 g/mol. The van der Waals surface area contributed by atoms with Gasteiger partial charge in [-0.3, -0.25) is 4.72 Å². The lowest BCUT2D eigenvalue weighted by Gasteiger charge is -2.22. The van der Waals surface area contributed by atoms with Crippen LogP contribution in [0.15, 0.2) is 65.6 Å². The van der Waals surface area contributed by atoms with E-state index in [1.807, 2.05) is 48.5 Å². The standard InChI is InChI=1S/C16H11NO2S/c18-20(19)16-10-12-6-2-1-5-11(12)9-14(16)13-7-3-4-8-15(13)17-20/h1-10,17H. The first-order valence-electron chi connectivity index (χ1n) is 6.30. The number of anilines is 1. The molecule has 3 aromatic rings. The van der Waals surface area contributed by atoms with Gasteiger partial charge in [-0.25, -0.2) is 8.42 Å². The first kappa shape index (κ1) is 11.5. The summed E-state index contributed by atoms with van der Waals surface area (Å²) in [5, 5.41) is 1.97. The minimum Gasteiger partial charge on any atom is -0.279 e. The van der Waals surface area contributed by atoms with Crippen molar-refractivity contribution in [2.45, 2.75) is 4.90 Å². The van der Waals surface area contributed by atoms with Crippen LogP contribution >= 0.6 is 0 Å². The van der Waals surface area contributed by atoms with E-state index in [9.17, 15) is 8.42 Å². The Balaban J connectivity index is 2.17. The highest BCUT2D eigenvalue weighted by Crippen LogP contribution is 2.40. The van der Waals surface area contributed by atoms with Crippen LogP contribution in [-0.2, 0) is 10.0 Å². The fourth-order valence-corrected chi connectivity index (χ4v) is 3.98. The Hall–Kier alpha value is -2.33. The summed E-state index contributed by atoms with van der Waals surface area (Å²) >= 11 is 0. The van der Waals surface area contributed by atoms with E-state index in [0.29, 0.717) is 10.6 Å². The van der Waals surface area contributed by atoms with E-state index in [0.717, 1.165) is 21.9 Å². The molecule has 3 nitrogen and oxygen atoms in total. The molecule has 0 saturated heterocycles. The number of sulfonamides is 1. The second-order valence-corrected chi connectivity index (χ2v) is 6.50. The second kappa shape index (κ2) is 3.84. The predicted octanol–water partition coefficient (Wildman–Crippen LogP) is 3.62. The summed E-state index contributed by atoms with van der Waals surface area (Å²) < 4.78 is 27.4. The molecule has 0 unspecified atom stereocenters. The molecule has 20 heavy (non-hydrogen) atoms. The van der Waals surface area contributed by atoms with Gasteiger partial charge in [-0.2, -0.15) is 0 Å². The summed E-state index contributed by atoms with van der Waals surface area (Å²) in [6.45, 7) is 0. The SMILES string of the molecule is O=S1(=O)Nc2ccccc2-c2cc3ccccc3cc21. The molecule has 4 heteroatoms. The minimum atomic E-state index is -3.50. The van der Waals surface area contributed by atoms with Crippen LogP contribution in [0.3, 0.4) is 0 Å². The van der Waals surface area contributed by atoms with Crippen LogP contribution in [0.2, 0.25) is 0 Å².